The Hall–Kier alpha value is -0.940. The Kier molecular flexibility index (Phi) is 2.75. The van der Waals surface area contributed by atoms with Gasteiger partial charge in [-0.1, -0.05) is 20.8 Å². The zero-order valence-corrected chi connectivity index (χ0v) is 11.2. The van der Waals surface area contributed by atoms with E-state index in [1.165, 1.54) is 0 Å². The minimum atomic E-state index is -0.142. The van der Waals surface area contributed by atoms with Gasteiger partial charge in [0.05, 0.1) is 6.04 Å². The average molecular weight is 283 g/mol. The Balaban J connectivity index is 2.57. The summed E-state index contributed by atoms with van der Waals surface area (Å²) < 4.78 is 2.92. The monoisotopic (exact) mass is 282 g/mol. The summed E-state index contributed by atoms with van der Waals surface area (Å²) in [7, 11) is 0. The predicted molar refractivity (Wildman–Crippen MR) is 67.1 cm³/mol. The Labute approximate surface area is 103 Å². The molecule has 4 nitrogen and oxygen atoms in total. The summed E-state index contributed by atoms with van der Waals surface area (Å²) in [6.45, 7) is 6.28. The topological polar surface area (TPSA) is 56.2 Å². The van der Waals surface area contributed by atoms with Crippen molar-refractivity contribution >= 4 is 21.6 Å². The summed E-state index contributed by atoms with van der Waals surface area (Å²) in [5.41, 5.74) is 6.98. The van der Waals surface area contributed by atoms with Crippen LogP contribution in [0.25, 0.3) is 5.65 Å². The predicted octanol–water partition coefficient (Wildman–Crippen LogP) is 2.54. The van der Waals surface area contributed by atoms with Crippen molar-refractivity contribution in [2.24, 2.45) is 11.1 Å². The lowest BCUT2D eigenvalue weighted by molar-refractivity contribution is 0.313. The number of fused-ring (bicyclic) bond motifs is 1. The number of pyridine rings is 1. The summed E-state index contributed by atoms with van der Waals surface area (Å²) in [6.07, 6.45) is 1.94. The first-order valence-electron chi connectivity index (χ1n) is 5.15. The van der Waals surface area contributed by atoms with Crippen LogP contribution in [0.4, 0.5) is 0 Å². The first-order valence-corrected chi connectivity index (χ1v) is 5.94. The second kappa shape index (κ2) is 3.82. The fourth-order valence-electron chi connectivity index (χ4n) is 1.48. The highest BCUT2D eigenvalue weighted by atomic mass is 79.9. The van der Waals surface area contributed by atoms with E-state index in [9.17, 15) is 0 Å². The van der Waals surface area contributed by atoms with E-state index in [0.717, 1.165) is 15.9 Å². The van der Waals surface area contributed by atoms with Crippen LogP contribution in [-0.4, -0.2) is 14.6 Å². The largest absolute Gasteiger partial charge is 0.321 e. The van der Waals surface area contributed by atoms with Gasteiger partial charge in [0.2, 0.25) is 0 Å². The molecule has 0 saturated heterocycles. The van der Waals surface area contributed by atoms with Crippen molar-refractivity contribution in [3.63, 3.8) is 0 Å². The van der Waals surface area contributed by atoms with E-state index in [4.69, 9.17) is 5.73 Å². The van der Waals surface area contributed by atoms with Crippen molar-refractivity contribution in [3.8, 4) is 0 Å². The standard InChI is InChI=1S/C11H15BrN4/c1-11(2,3)9(13)10-15-14-8-5-4-7(12)6-16(8)10/h4-6,9H,13H2,1-3H3. The lowest BCUT2D eigenvalue weighted by atomic mass is 9.87. The SMILES string of the molecule is CC(C)(C)C(N)c1nnc2ccc(Br)cn12. The van der Waals surface area contributed by atoms with Crippen LogP contribution in [0.2, 0.25) is 0 Å². The van der Waals surface area contributed by atoms with Gasteiger partial charge in [-0.2, -0.15) is 0 Å². The van der Waals surface area contributed by atoms with Crippen LogP contribution < -0.4 is 5.73 Å². The first-order chi connectivity index (χ1) is 7.39. The van der Waals surface area contributed by atoms with Gasteiger partial charge in [-0.3, -0.25) is 4.40 Å². The van der Waals surface area contributed by atoms with Crippen molar-refractivity contribution < 1.29 is 0 Å². The molecule has 0 saturated carbocycles. The molecule has 0 amide bonds. The second-order valence-corrected chi connectivity index (χ2v) is 5.89. The molecular weight excluding hydrogens is 268 g/mol. The van der Waals surface area contributed by atoms with Crippen molar-refractivity contribution in [1.82, 2.24) is 14.6 Å². The van der Waals surface area contributed by atoms with Crippen molar-refractivity contribution in [2.75, 3.05) is 0 Å². The Morgan fingerprint density at radius 2 is 2.00 bits per heavy atom. The minimum absolute atomic E-state index is 0.0364. The van der Waals surface area contributed by atoms with E-state index < -0.39 is 0 Å². The number of rotatable bonds is 1. The van der Waals surface area contributed by atoms with E-state index in [-0.39, 0.29) is 11.5 Å². The molecule has 1 unspecified atom stereocenters. The molecule has 0 bridgehead atoms. The van der Waals surface area contributed by atoms with Crippen LogP contribution in [-0.2, 0) is 0 Å². The molecule has 2 aromatic rings. The third-order valence-electron chi connectivity index (χ3n) is 2.60. The van der Waals surface area contributed by atoms with Gasteiger partial charge in [0.15, 0.2) is 11.5 Å². The third-order valence-corrected chi connectivity index (χ3v) is 3.07. The van der Waals surface area contributed by atoms with Crippen molar-refractivity contribution in [1.29, 1.82) is 0 Å². The van der Waals surface area contributed by atoms with E-state index in [1.54, 1.807) is 0 Å². The molecular formula is C11H15BrN4. The molecule has 0 aliphatic heterocycles. The van der Waals surface area contributed by atoms with E-state index in [2.05, 4.69) is 46.9 Å². The van der Waals surface area contributed by atoms with Crippen LogP contribution in [0.1, 0.15) is 32.6 Å². The molecule has 86 valence electrons. The molecule has 0 aliphatic rings. The molecule has 16 heavy (non-hydrogen) atoms. The smallest absolute Gasteiger partial charge is 0.160 e. The van der Waals surface area contributed by atoms with Gasteiger partial charge < -0.3 is 5.73 Å². The lowest BCUT2D eigenvalue weighted by Crippen LogP contribution is -2.28. The maximum atomic E-state index is 6.19. The molecule has 2 N–H and O–H groups in total. The normalized spacial score (nSPS) is 14.3. The minimum Gasteiger partial charge on any atom is -0.321 e. The summed E-state index contributed by atoms with van der Waals surface area (Å²) >= 11 is 3.43. The molecule has 2 aromatic heterocycles. The van der Waals surface area contributed by atoms with Crippen LogP contribution in [0.15, 0.2) is 22.8 Å². The van der Waals surface area contributed by atoms with Crippen molar-refractivity contribution in [3.05, 3.63) is 28.6 Å². The molecule has 0 aromatic carbocycles. The van der Waals surface area contributed by atoms with Crippen LogP contribution in [0.3, 0.4) is 0 Å². The Bertz CT molecular complexity index is 512. The molecule has 0 spiro atoms. The van der Waals surface area contributed by atoms with E-state index in [1.807, 2.05) is 22.7 Å². The molecule has 2 heterocycles. The van der Waals surface area contributed by atoms with Gasteiger partial charge in [0.1, 0.15) is 0 Å². The fourth-order valence-corrected chi connectivity index (χ4v) is 1.82. The number of aromatic nitrogens is 3. The zero-order chi connectivity index (χ0) is 11.9. The maximum absolute atomic E-state index is 6.19. The first kappa shape index (κ1) is 11.5. The molecule has 0 fully saturated rings. The van der Waals surface area contributed by atoms with Gasteiger partial charge >= 0.3 is 0 Å². The van der Waals surface area contributed by atoms with Crippen LogP contribution in [0.5, 0.6) is 0 Å². The molecule has 1 atom stereocenters. The van der Waals surface area contributed by atoms with Gasteiger partial charge in [0, 0.05) is 10.7 Å². The maximum Gasteiger partial charge on any atom is 0.160 e. The molecule has 5 heteroatoms. The molecule has 0 radical (unpaired) electrons. The number of halogens is 1. The Morgan fingerprint density at radius 3 is 2.62 bits per heavy atom. The number of nitrogens with zero attached hydrogens (tertiary/aromatic N) is 3. The van der Waals surface area contributed by atoms with Gasteiger partial charge in [-0.25, -0.2) is 0 Å². The van der Waals surface area contributed by atoms with Gasteiger partial charge in [0.25, 0.3) is 0 Å². The Morgan fingerprint density at radius 1 is 1.31 bits per heavy atom. The van der Waals surface area contributed by atoms with Gasteiger partial charge in [-0.15, -0.1) is 10.2 Å². The fraction of sp³-hybridized carbons (Fsp3) is 0.455. The molecule has 0 aliphatic carbocycles. The quantitative estimate of drug-likeness (QED) is 0.875. The summed E-state index contributed by atoms with van der Waals surface area (Å²) in [5, 5.41) is 8.28. The number of nitrogens with two attached hydrogens (primary N) is 1. The lowest BCUT2D eigenvalue weighted by Gasteiger charge is -2.25. The highest BCUT2D eigenvalue weighted by Crippen LogP contribution is 2.29. The highest BCUT2D eigenvalue weighted by molar-refractivity contribution is 9.10. The highest BCUT2D eigenvalue weighted by Gasteiger charge is 2.26. The average Bonchev–Trinajstić information content (AvgIpc) is 2.57. The van der Waals surface area contributed by atoms with E-state index >= 15 is 0 Å². The summed E-state index contributed by atoms with van der Waals surface area (Å²) in [5.74, 6) is 0.795. The number of hydrogen-bond acceptors (Lipinski definition) is 3. The van der Waals surface area contributed by atoms with Gasteiger partial charge in [-0.05, 0) is 33.5 Å². The van der Waals surface area contributed by atoms with Crippen LogP contribution in [0, 0.1) is 5.41 Å². The zero-order valence-electron chi connectivity index (χ0n) is 9.61. The second-order valence-electron chi connectivity index (χ2n) is 4.98. The summed E-state index contributed by atoms with van der Waals surface area (Å²) in [6, 6.07) is 3.71. The number of hydrogen-bond donors (Lipinski definition) is 1. The van der Waals surface area contributed by atoms with Crippen LogP contribution >= 0.6 is 15.9 Å². The molecule has 2 rings (SSSR count). The summed E-state index contributed by atoms with van der Waals surface area (Å²) in [4.78, 5) is 0. The van der Waals surface area contributed by atoms with E-state index in [0.29, 0.717) is 0 Å². The van der Waals surface area contributed by atoms with Crippen molar-refractivity contribution in [2.45, 2.75) is 26.8 Å². The third kappa shape index (κ3) is 1.97.